The van der Waals surface area contributed by atoms with Gasteiger partial charge >= 0.3 is 12.3 Å². The van der Waals surface area contributed by atoms with Crippen molar-refractivity contribution in [2.24, 2.45) is 0 Å². The average Bonchev–Trinajstić information content (AvgIpc) is 2.54. The Balaban J connectivity index is 2.59. The highest BCUT2D eigenvalue weighted by atomic mass is 19.4. The first-order chi connectivity index (χ1) is 11.3. The highest BCUT2D eigenvalue weighted by Gasteiger charge is 2.35. The van der Waals surface area contributed by atoms with E-state index >= 15 is 0 Å². The molecule has 0 amide bonds. The number of benzene rings is 2. The van der Waals surface area contributed by atoms with Gasteiger partial charge in [-0.2, -0.15) is 0 Å². The number of ketones is 1. The molecule has 4 nitrogen and oxygen atoms in total. The Morgan fingerprint density at radius 2 is 1.67 bits per heavy atom. The Hall–Kier alpha value is -2.83. The van der Waals surface area contributed by atoms with Crippen molar-refractivity contribution in [3.8, 4) is 16.9 Å². The fourth-order valence-electron chi connectivity index (χ4n) is 2.09. The second kappa shape index (κ2) is 7.16. The molecule has 0 aliphatic heterocycles. The Morgan fingerprint density at radius 1 is 1.00 bits per heavy atom. The summed E-state index contributed by atoms with van der Waals surface area (Å²) in [5, 5.41) is 0. The van der Waals surface area contributed by atoms with Gasteiger partial charge in [0.25, 0.3) is 5.78 Å². The van der Waals surface area contributed by atoms with Crippen molar-refractivity contribution >= 4 is 11.8 Å². The maximum absolute atomic E-state index is 12.8. The van der Waals surface area contributed by atoms with E-state index in [1.54, 1.807) is 30.3 Å². The minimum absolute atomic E-state index is 0.0445. The van der Waals surface area contributed by atoms with Crippen LogP contribution < -0.4 is 4.74 Å². The predicted octanol–water partition coefficient (Wildman–Crippen LogP) is 4.00. The Morgan fingerprint density at radius 3 is 2.25 bits per heavy atom. The van der Waals surface area contributed by atoms with E-state index in [2.05, 4.69) is 9.47 Å². The van der Waals surface area contributed by atoms with E-state index in [1.165, 1.54) is 19.1 Å². The lowest BCUT2D eigenvalue weighted by molar-refractivity contribution is -0.274. The molecule has 0 bridgehead atoms. The second-order valence-electron chi connectivity index (χ2n) is 4.65. The van der Waals surface area contributed by atoms with Gasteiger partial charge in [0, 0.05) is 5.56 Å². The highest BCUT2D eigenvalue weighted by molar-refractivity contribution is 6.41. The largest absolute Gasteiger partial charge is 0.573 e. The van der Waals surface area contributed by atoms with E-state index in [-0.39, 0.29) is 12.2 Å². The molecule has 126 valence electrons. The summed E-state index contributed by atoms with van der Waals surface area (Å²) in [6, 6.07) is 11.9. The predicted molar refractivity (Wildman–Crippen MR) is 79.5 cm³/mol. The normalized spacial score (nSPS) is 11.0. The van der Waals surface area contributed by atoms with Crippen LogP contribution in [0, 0.1) is 0 Å². The molecule has 0 saturated carbocycles. The highest BCUT2D eigenvalue weighted by Crippen LogP contribution is 2.37. The first-order valence-corrected chi connectivity index (χ1v) is 6.99. The molecule has 0 heterocycles. The molecule has 0 atom stereocenters. The van der Waals surface area contributed by atoms with Gasteiger partial charge in [0.15, 0.2) is 0 Å². The summed E-state index contributed by atoms with van der Waals surface area (Å²) in [4.78, 5) is 23.7. The third-order valence-electron chi connectivity index (χ3n) is 3.02. The van der Waals surface area contributed by atoms with Crippen LogP contribution >= 0.6 is 0 Å². The molecule has 0 fully saturated rings. The standard InChI is InChI=1S/C17H13F3O4/c1-2-23-16(22)14(21)13-10-6-9-12(11-7-4-3-5-8-11)15(13)24-17(18,19)20/h3-10H,2H2,1H3. The maximum atomic E-state index is 12.8. The second-order valence-corrected chi connectivity index (χ2v) is 4.65. The molecule has 0 unspecified atom stereocenters. The fourth-order valence-corrected chi connectivity index (χ4v) is 2.09. The molecule has 0 radical (unpaired) electrons. The number of Topliss-reactive ketones (excluding diaryl/α,β-unsaturated/α-hetero) is 1. The van der Waals surface area contributed by atoms with Crippen LogP contribution in [0.3, 0.4) is 0 Å². The van der Waals surface area contributed by atoms with Gasteiger partial charge in [-0.1, -0.05) is 42.5 Å². The molecule has 0 spiro atoms. The van der Waals surface area contributed by atoms with E-state index in [4.69, 9.17) is 0 Å². The first-order valence-electron chi connectivity index (χ1n) is 6.99. The van der Waals surface area contributed by atoms with Crippen molar-refractivity contribution in [1.29, 1.82) is 0 Å². The van der Waals surface area contributed by atoms with Crippen molar-refractivity contribution in [2.75, 3.05) is 6.61 Å². The molecule has 0 aliphatic rings. The van der Waals surface area contributed by atoms with Crippen molar-refractivity contribution in [1.82, 2.24) is 0 Å². The first kappa shape index (κ1) is 17.5. The van der Waals surface area contributed by atoms with Gasteiger partial charge in [-0.3, -0.25) is 4.79 Å². The Kier molecular flexibility index (Phi) is 5.23. The lowest BCUT2D eigenvalue weighted by Crippen LogP contribution is -2.23. The van der Waals surface area contributed by atoms with Crippen LogP contribution in [-0.4, -0.2) is 24.7 Å². The molecule has 0 N–H and O–H groups in total. The van der Waals surface area contributed by atoms with Crippen molar-refractivity contribution < 1.29 is 32.2 Å². The molecule has 2 aromatic rings. The monoisotopic (exact) mass is 338 g/mol. The average molecular weight is 338 g/mol. The Labute approximate surface area is 135 Å². The van der Waals surface area contributed by atoms with Crippen LogP contribution in [0.4, 0.5) is 13.2 Å². The lowest BCUT2D eigenvalue weighted by atomic mass is 9.99. The summed E-state index contributed by atoms with van der Waals surface area (Å²) in [5.74, 6) is -3.17. The molecule has 0 aromatic heterocycles. The van der Waals surface area contributed by atoms with Crippen LogP contribution in [-0.2, 0) is 9.53 Å². The zero-order valence-corrected chi connectivity index (χ0v) is 12.6. The third-order valence-corrected chi connectivity index (χ3v) is 3.02. The molecular formula is C17H13F3O4. The van der Waals surface area contributed by atoms with E-state index in [0.29, 0.717) is 5.56 Å². The molecular weight excluding hydrogens is 325 g/mol. The van der Waals surface area contributed by atoms with Gasteiger partial charge in [-0.15, -0.1) is 13.2 Å². The topological polar surface area (TPSA) is 52.6 Å². The van der Waals surface area contributed by atoms with E-state index in [0.717, 1.165) is 6.07 Å². The number of rotatable bonds is 5. The van der Waals surface area contributed by atoms with Gasteiger partial charge in [-0.05, 0) is 18.6 Å². The zero-order chi connectivity index (χ0) is 17.7. The number of hydrogen-bond acceptors (Lipinski definition) is 4. The van der Waals surface area contributed by atoms with Crippen LogP contribution in [0.5, 0.6) is 5.75 Å². The smallest absolute Gasteiger partial charge is 0.460 e. The van der Waals surface area contributed by atoms with E-state index in [1.807, 2.05) is 0 Å². The maximum Gasteiger partial charge on any atom is 0.573 e. The fraction of sp³-hybridized carbons (Fsp3) is 0.176. The van der Waals surface area contributed by atoms with Crippen molar-refractivity contribution in [3.05, 3.63) is 54.1 Å². The summed E-state index contributed by atoms with van der Waals surface area (Å²) in [6.45, 7) is 1.41. The summed E-state index contributed by atoms with van der Waals surface area (Å²) < 4.78 is 46.9. The van der Waals surface area contributed by atoms with Crippen LogP contribution in [0.15, 0.2) is 48.5 Å². The summed E-state index contributed by atoms with van der Waals surface area (Å²) in [7, 11) is 0. The number of para-hydroxylation sites is 1. The number of alkyl halides is 3. The van der Waals surface area contributed by atoms with Crippen LogP contribution in [0.2, 0.25) is 0 Å². The molecule has 2 rings (SSSR count). The summed E-state index contributed by atoms with van der Waals surface area (Å²) in [5.41, 5.74) is -0.0505. The van der Waals surface area contributed by atoms with Gasteiger partial charge in [0.2, 0.25) is 0 Å². The minimum atomic E-state index is -5.02. The molecule has 7 heteroatoms. The summed E-state index contributed by atoms with van der Waals surface area (Å²) >= 11 is 0. The summed E-state index contributed by atoms with van der Waals surface area (Å²) in [6.07, 6.45) is -5.02. The van der Waals surface area contributed by atoms with E-state index in [9.17, 15) is 22.8 Å². The number of carbonyl (C=O) groups is 2. The van der Waals surface area contributed by atoms with Crippen LogP contribution in [0.1, 0.15) is 17.3 Å². The third kappa shape index (κ3) is 4.13. The number of carbonyl (C=O) groups excluding carboxylic acids is 2. The van der Waals surface area contributed by atoms with Crippen molar-refractivity contribution in [2.45, 2.75) is 13.3 Å². The van der Waals surface area contributed by atoms with Crippen LogP contribution in [0.25, 0.3) is 11.1 Å². The molecule has 24 heavy (non-hydrogen) atoms. The molecule has 0 aliphatic carbocycles. The SMILES string of the molecule is CCOC(=O)C(=O)c1cccc(-c2ccccc2)c1OC(F)(F)F. The number of hydrogen-bond donors (Lipinski definition) is 0. The van der Waals surface area contributed by atoms with Gasteiger partial charge < -0.3 is 9.47 Å². The number of halogens is 3. The van der Waals surface area contributed by atoms with Crippen molar-refractivity contribution in [3.63, 3.8) is 0 Å². The Bertz CT molecular complexity index is 739. The number of ether oxygens (including phenoxy) is 2. The van der Waals surface area contributed by atoms with Gasteiger partial charge in [0.05, 0.1) is 12.2 Å². The number of esters is 1. The van der Waals surface area contributed by atoms with E-state index < -0.39 is 29.4 Å². The molecule has 2 aromatic carbocycles. The zero-order valence-electron chi connectivity index (χ0n) is 12.6. The minimum Gasteiger partial charge on any atom is -0.460 e. The van der Waals surface area contributed by atoms with Gasteiger partial charge in [0.1, 0.15) is 5.75 Å². The molecule has 0 saturated heterocycles. The lowest BCUT2D eigenvalue weighted by Gasteiger charge is -2.16. The van der Waals surface area contributed by atoms with Gasteiger partial charge in [-0.25, -0.2) is 4.79 Å². The quantitative estimate of drug-likeness (QED) is 0.470.